The van der Waals surface area contributed by atoms with Gasteiger partial charge in [-0.05, 0) is 28.8 Å². The van der Waals surface area contributed by atoms with Gasteiger partial charge in [0.25, 0.3) is 0 Å². The van der Waals surface area contributed by atoms with Gasteiger partial charge in [0.05, 0.1) is 5.69 Å². The molecule has 0 unspecified atom stereocenters. The van der Waals surface area contributed by atoms with Gasteiger partial charge >= 0.3 is 0 Å². The molecule has 0 aliphatic heterocycles. The van der Waals surface area contributed by atoms with E-state index in [0.29, 0.717) is 5.69 Å². The minimum absolute atomic E-state index is 0.434. The van der Waals surface area contributed by atoms with Gasteiger partial charge in [-0.1, -0.05) is 48.5 Å². The first-order valence-electron chi connectivity index (χ1n) is 6.33. The number of pyridine rings is 1. The summed E-state index contributed by atoms with van der Waals surface area (Å²) >= 11 is 0. The van der Waals surface area contributed by atoms with Gasteiger partial charge in [0.15, 0.2) is 0 Å². The van der Waals surface area contributed by atoms with Crippen LogP contribution in [-0.4, -0.2) is 4.98 Å². The Morgan fingerprint density at radius 1 is 0.900 bits per heavy atom. The van der Waals surface area contributed by atoms with Crippen LogP contribution in [-0.2, 0) is 0 Å². The molecule has 3 rings (SSSR count). The highest BCUT2D eigenvalue weighted by molar-refractivity contribution is 5.91. The number of rotatable bonds is 3. The number of nitroso groups, excluding NO2 is 1. The second-order valence-electron chi connectivity index (χ2n) is 4.40. The molecule has 1 aromatic heterocycles. The highest BCUT2D eigenvalue weighted by Crippen LogP contribution is 2.22. The van der Waals surface area contributed by atoms with Gasteiger partial charge in [-0.15, -0.1) is 4.91 Å². The lowest BCUT2D eigenvalue weighted by molar-refractivity contribution is 1.33. The van der Waals surface area contributed by atoms with Crippen LogP contribution in [0.25, 0.3) is 22.9 Å². The smallest absolute Gasteiger partial charge is 0.115 e. The zero-order valence-electron chi connectivity index (χ0n) is 10.7. The van der Waals surface area contributed by atoms with Crippen LogP contribution in [0.15, 0.2) is 66.0 Å². The van der Waals surface area contributed by atoms with Crippen molar-refractivity contribution in [2.75, 3.05) is 0 Å². The fraction of sp³-hybridized carbons (Fsp3) is 0. The molecule has 3 aromatic rings. The van der Waals surface area contributed by atoms with Gasteiger partial charge in [0.2, 0.25) is 0 Å². The van der Waals surface area contributed by atoms with Crippen LogP contribution >= 0.6 is 0 Å². The molecule has 0 amide bonds. The largest absolute Gasteiger partial charge is 0.256 e. The average Bonchev–Trinajstić information content (AvgIpc) is 2.53. The molecule has 0 spiro atoms. The molecule has 0 aliphatic rings. The maximum absolute atomic E-state index is 10.8. The summed E-state index contributed by atoms with van der Waals surface area (Å²) in [6.45, 7) is 0. The van der Waals surface area contributed by atoms with Gasteiger partial charge in [0, 0.05) is 17.1 Å². The van der Waals surface area contributed by atoms with Crippen molar-refractivity contribution in [2.24, 2.45) is 5.18 Å². The van der Waals surface area contributed by atoms with Gasteiger partial charge in [-0.3, -0.25) is 4.98 Å². The van der Waals surface area contributed by atoms with Crippen molar-refractivity contribution >= 4 is 28.6 Å². The second-order valence-corrected chi connectivity index (χ2v) is 4.40. The number of aromatic nitrogens is 1. The minimum atomic E-state index is 0.434. The predicted octanol–water partition coefficient (Wildman–Crippen LogP) is 4.80. The molecule has 0 radical (unpaired) electrons. The quantitative estimate of drug-likeness (QED) is 0.634. The SMILES string of the molecule is O=Nc1ccccc1C=Cc1nccc2ccccc12. The van der Waals surface area contributed by atoms with E-state index < -0.39 is 0 Å². The van der Waals surface area contributed by atoms with Gasteiger partial charge in [-0.25, -0.2) is 0 Å². The Morgan fingerprint density at radius 2 is 1.70 bits per heavy atom. The Labute approximate surface area is 116 Å². The summed E-state index contributed by atoms with van der Waals surface area (Å²) in [7, 11) is 0. The van der Waals surface area contributed by atoms with Crippen molar-refractivity contribution in [1.82, 2.24) is 4.98 Å². The lowest BCUT2D eigenvalue weighted by Crippen LogP contribution is -1.83. The number of hydrogen-bond donors (Lipinski definition) is 0. The molecule has 2 aromatic carbocycles. The molecule has 0 saturated heterocycles. The van der Waals surface area contributed by atoms with E-state index in [2.05, 4.69) is 16.2 Å². The van der Waals surface area contributed by atoms with Crippen LogP contribution in [0, 0.1) is 4.91 Å². The summed E-state index contributed by atoms with van der Waals surface area (Å²) in [5, 5.41) is 5.25. The third-order valence-electron chi connectivity index (χ3n) is 3.16. The van der Waals surface area contributed by atoms with Crippen molar-refractivity contribution in [3.05, 3.63) is 77.0 Å². The van der Waals surface area contributed by atoms with E-state index in [9.17, 15) is 4.91 Å². The fourth-order valence-electron chi connectivity index (χ4n) is 2.16. The third-order valence-corrected chi connectivity index (χ3v) is 3.16. The molecule has 0 fully saturated rings. The van der Waals surface area contributed by atoms with Gasteiger partial charge in [0.1, 0.15) is 5.69 Å². The normalized spacial score (nSPS) is 11.0. The molecule has 3 nitrogen and oxygen atoms in total. The molecule has 0 saturated carbocycles. The third kappa shape index (κ3) is 2.34. The first-order valence-corrected chi connectivity index (χ1v) is 6.33. The van der Waals surface area contributed by atoms with E-state index in [0.717, 1.165) is 22.0 Å². The zero-order valence-corrected chi connectivity index (χ0v) is 10.7. The van der Waals surface area contributed by atoms with E-state index in [4.69, 9.17) is 0 Å². The van der Waals surface area contributed by atoms with Crippen LogP contribution in [0.1, 0.15) is 11.3 Å². The van der Waals surface area contributed by atoms with Crippen molar-refractivity contribution in [3.8, 4) is 0 Å². The Balaban J connectivity index is 2.05. The van der Waals surface area contributed by atoms with E-state index in [1.807, 2.05) is 48.6 Å². The summed E-state index contributed by atoms with van der Waals surface area (Å²) in [6, 6.07) is 17.3. The zero-order chi connectivity index (χ0) is 13.8. The first-order chi connectivity index (χ1) is 9.88. The summed E-state index contributed by atoms with van der Waals surface area (Å²) in [5.41, 5.74) is 2.10. The monoisotopic (exact) mass is 260 g/mol. The first kappa shape index (κ1) is 12.2. The molecule has 0 bridgehead atoms. The highest BCUT2D eigenvalue weighted by Gasteiger charge is 2.00. The van der Waals surface area contributed by atoms with E-state index in [-0.39, 0.29) is 0 Å². The van der Waals surface area contributed by atoms with Gasteiger partial charge < -0.3 is 0 Å². The maximum atomic E-state index is 10.8. The van der Waals surface area contributed by atoms with Crippen molar-refractivity contribution < 1.29 is 0 Å². The Hall–Kier alpha value is -2.81. The maximum Gasteiger partial charge on any atom is 0.115 e. The minimum Gasteiger partial charge on any atom is -0.256 e. The molecule has 0 N–H and O–H groups in total. The number of fused-ring (bicyclic) bond motifs is 1. The van der Waals surface area contributed by atoms with Crippen molar-refractivity contribution in [3.63, 3.8) is 0 Å². The number of nitrogens with zero attached hydrogens (tertiary/aromatic N) is 2. The molecule has 20 heavy (non-hydrogen) atoms. The van der Waals surface area contributed by atoms with E-state index in [1.54, 1.807) is 18.3 Å². The second kappa shape index (κ2) is 5.45. The summed E-state index contributed by atoms with van der Waals surface area (Å²) in [5.74, 6) is 0. The Bertz CT molecular complexity index is 788. The molecular weight excluding hydrogens is 248 g/mol. The standard InChI is InChI=1S/C17H12N2O/c20-19-16-8-4-2-6-14(16)9-10-17-15-7-3-1-5-13(15)11-12-18-17/h1-12H. The summed E-state index contributed by atoms with van der Waals surface area (Å²) < 4.78 is 0. The number of hydrogen-bond acceptors (Lipinski definition) is 3. The fourth-order valence-corrected chi connectivity index (χ4v) is 2.16. The van der Waals surface area contributed by atoms with Crippen LogP contribution in [0.3, 0.4) is 0 Å². The van der Waals surface area contributed by atoms with Crippen LogP contribution in [0.5, 0.6) is 0 Å². The topological polar surface area (TPSA) is 42.3 Å². The molecule has 3 heteroatoms. The Morgan fingerprint density at radius 3 is 2.60 bits per heavy atom. The lowest BCUT2D eigenvalue weighted by Gasteiger charge is -2.01. The molecule has 0 atom stereocenters. The lowest BCUT2D eigenvalue weighted by atomic mass is 10.1. The number of benzene rings is 2. The molecule has 0 aliphatic carbocycles. The Kier molecular flexibility index (Phi) is 3.33. The summed E-state index contributed by atoms with van der Waals surface area (Å²) in [6.07, 6.45) is 5.56. The van der Waals surface area contributed by atoms with Crippen LogP contribution in [0.4, 0.5) is 5.69 Å². The van der Waals surface area contributed by atoms with E-state index >= 15 is 0 Å². The molecule has 96 valence electrons. The molecular formula is C17H12N2O. The van der Waals surface area contributed by atoms with Crippen molar-refractivity contribution in [2.45, 2.75) is 0 Å². The van der Waals surface area contributed by atoms with Crippen LogP contribution < -0.4 is 0 Å². The van der Waals surface area contributed by atoms with Crippen LogP contribution in [0.2, 0.25) is 0 Å². The van der Waals surface area contributed by atoms with Gasteiger partial charge in [-0.2, -0.15) is 0 Å². The predicted molar refractivity (Wildman–Crippen MR) is 82.6 cm³/mol. The average molecular weight is 260 g/mol. The van der Waals surface area contributed by atoms with E-state index in [1.165, 1.54) is 0 Å². The molecule has 1 heterocycles. The summed E-state index contributed by atoms with van der Waals surface area (Å²) in [4.78, 5) is 15.1. The highest BCUT2D eigenvalue weighted by atomic mass is 16.3. The van der Waals surface area contributed by atoms with Crippen molar-refractivity contribution in [1.29, 1.82) is 0 Å².